The summed E-state index contributed by atoms with van der Waals surface area (Å²) in [7, 11) is 1.84. The molecule has 3 aromatic heterocycles. The molecule has 2 N–H and O–H groups in total. The maximum Gasteiger partial charge on any atom is 0.156 e. The summed E-state index contributed by atoms with van der Waals surface area (Å²) in [5.41, 5.74) is 3.16. The van der Waals surface area contributed by atoms with Crippen LogP contribution in [0.1, 0.15) is 13.8 Å². The number of aryl methyl sites for hydroxylation is 1. The van der Waals surface area contributed by atoms with Gasteiger partial charge in [0.05, 0.1) is 34.4 Å². The van der Waals surface area contributed by atoms with Crippen molar-refractivity contribution in [2.45, 2.75) is 26.1 Å². The molecule has 34 heavy (non-hydrogen) atoms. The second kappa shape index (κ2) is 8.68. The number of pyridine rings is 1. The topological polar surface area (TPSA) is 98.0 Å². The number of aromatic nitrogens is 5. The van der Waals surface area contributed by atoms with E-state index in [-0.39, 0.29) is 5.69 Å². The molecule has 0 aliphatic carbocycles. The van der Waals surface area contributed by atoms with E-state index in [1.54, 1.807) is 55.2 Å². The predicted molar refractivity (Wildman–Crippen MR) is 128 cm³/mol. The van der Waals surface area contributed by atoms with Crippen LogP contribution in [0.4, 0.5) is 15.9 Å². The van der Waals surface area contributed by atoms with Crippen LogP contribution in [0.2, 0.25) is 0 Å². The molecule has 0 saturated carbocycles. The molecule has 2 atom stereocenters. The predicted octanol–water partition coefficient (Wildman–Crippen LogP) is 4.61. The largest absolute Gasteiger partial charge is 0.487 e. The SMILES string of the molecule is C[C@H](Oc1cc(-c2cnn(C)c2)cc2ncnc(Nc3ccc4ncccc4c3F)c12)[C@@H](C)O. The minimum absolute atomic E-state index is 0.256. The fourth-order valence-electron chi connectivity index (χ4n) is 3.72. The average molecular weight is 458 g/mol. The van der Waals surface area contributed by atoms with E-state index >= 15 is 4.39 Å². The van der Waals surface area contributed by atoms with Crippen LogP contribution in [0, 0.1) is 5.82 Å². The third-order valence-corrected chi connectivity index (χ3v) is 5.70. The lowest BCUT2D eigenvalue weighted by atomic mass is 10.1. The summed E-state index contributed by atoms with van der Waals surface area (Å²) >= 11 is 0. The van der Waals surface area contributed by atoms with Crippen LogP contribution in [0.3, 0.4) is 0 Å². The molecule has 5 rings (SSSR count). The molecule has 0 aliphatic rings. The third-order valence-electron chi connectivity index (χ3n) is 5.70. The average Bonchev–Trinajstić information content (AvgIpc) is 3.27. The van der Waals surface area contributed by atoms with E-state index < -0.39 is 18.0 Å². The smallest absolute Gasteiger partial charge is 0.156 e. The Morgan fingerprint density at radius 1 is 1.06 bits per heavy atom. The van der Waals surface area contributed by atoms with E-state index in [1.807, 2.05) is 25.4 Å². The Morgan fingerprint density at radius 3 is 2.68 bits per heavy atom. The van der Waals surface area contributed by atoms with Crippen molar-refractivity contribution in [3.63, 3.8) is 0 Å². The van der Waals surface area contributed by atoms with Crippen LogP contribution in [-0.4, -0.2) is 42.0 Å². The fraction of sp³-hybridized carbons (Fsp3) is 0.200. The number of hydrogen-bond acceptors (Lipinski definition) is 7. The van der Waals surface area contributed by atoms with Crippen LogP contribution >= 0.6 is 0 Å². The monoisotopic (exact) mass is 458 g/mol. The first kappa shape index (κ1) is 21.7. The van der Waals surface area contributed by atoms with E-state index in [4.69, 9.17) is 4.74 Å². The second-order valence-electron chi connectivity index (χ2n) is 8.18. The summed E-state index contributed by atoms with van der Waals surface area (Å²) in [5, 5.41) is 18.4. The van der Waals surface area contributed by atoms with Gasteiger partial charge < -0.3 is 15.2 Å². The van der Waals surface area contributed by atoms with Crippen molar-refractivity contribution in [1.82, 2.24) is 24.7 Å². The van der Waals surface area contributed by atoms with E-state index in [0.717, 1.165) is 11.1 Å². The van der Waals surface area contributed by atoms with Crippen LogP contribution in [0.25, 0.3) is 32.9 Å². The standard InChI is InChI=1S/C25H23FN6O2/c1-14(33)15(2)34-22-10-16(17-11-30-32(3)12-17)9-21-23(22)25(29-13-28-21)31-20-7-6-19-18(24(20)26)5-4-8-27-19/h4-15,33H,1-3H3,(H,28,29,31)/t14-,15+/m1/s1. The Morgan fingerprint density at radius 2 is 1.91 bits per heavy atom. The van der Waals surface area contributed by atoms with Crippen molar-refractivity contribution in [2.24, 2.45) is 7.05 Å². The lowest BCUT2D eigenvalue weighted by Gasteiger charge is -2.20. The number of fused-ring (bicyclic) bond motifs is 2. The highest BCUT2D eigenvalue weighted by molar-refractivity contribution is 5.99. The van der Waals surface area contributed by atoms with Gasteiger partial charge in [-0.05, 0) is 55.8 Å². The minimum Gasteiger partial charge on any atom is -0.487 e. The summed E-state index contributed by atoms with van der Waals surface area (Å²) in [5.74, 6) is 0.428. The van der Waals surface area contributed by atoms with Gasteiger partial charge in [0.1, 0.15) is 24.0 Å². The molecule has 8 nitrogen and oxygen atoms in total. The second-order valence-corrected chi connectivity index (χ2v) is 8.18. The molecule has 0 amide bonds. The van der Waals surface area contributed by atoms with Gasteiger partial charge in [-0.2, -0.15) is 5.10 Å². The minimum atomic E-state index is -0.705. The van der Waals surface area contributed by atoms with Crippen LogP contribution in [-0.2, 0) is 7.05 Å². The molecule has 0 saturated heterocycles. The molecule has 0 unspecified atom stereocenters. The molecule has 0 bridgehead atoms. The zero-order valence-corrected chi connectivity index (χ0v) is 18.9. The van der Waals surface area contributed by atoms with E-state index in [9.17, 15) is 5.11 Å². The number of benzene rings is 2. The van der Waals surface area contributed by atoms with E-state index in [1.165, 1.54) is 6.33 Å². The van der Waals surface area contributed by atoms with Crippen molar-refractivity contribution < 1.29 is 14.2 Å². The van der Waals surface area contributed by atoms with Gasteiger partial charge in [-0.15, -0.1) is 0 Å². The number of rotatable bonds is 6. The molecule has 0 radical (unpaired) electrons. The molecular weight excluding hydrogens is 435 g/mol. The summed E-state index contributed by atoms with van der Waals surface area (Å²) in [6.45, 7) is 3.44. The quantitative estimate of drug-likeness (QED) is 0.383. The fourth-order valence-corrected chi connectivity index (χ4v) is 3.72. The zero-order chi connectivity index (χ0) is 23.8. The Bertz CT molecular complexity index is 1500. The number of halogens is 1. The van der Waals surface area contributed by atoms with Crippen molar-refractivity contribution in [2.75, 3.05) is 5.32 Å². The first-order valence-electron chi connectivity index (χ1n) is 10.8. The molecule has 5 aromatic rings. The molecule has 9 heteroatoms. The third kappa shape index (κ3) is 4.01. The highest BCUT2D eigenvalue weighted by Crippen LogP contribution is 2.37. The first-order chi connectivity index (χ1) is 16.4. The maximum atomic E-state index is 15.2. The van der Waals surface area contributed by atoms with Crippen LogP contribution in [0.15, 0.2) is 61.3 Å². The summed E-state index contributed by atoms with van der Waals surface area (Å²) < 4.78 is 23.1. The molecular formula is C25H23FN6O2. The normalized spacial score (nSPS) is 13.2. The number of aliphatic hydroxyl groups is 1. The number of anilines is 2. The number of nitrogens with one attached hydrogen (secondary N) is 1. The summed E-state index contributed by atoms with van der Waals surface area (Å²) in [6.07, 6.45) is 5.48. The van der Waals surface area contributed by atoms with Gasteiger partial charge in [0.25, 0.3) is 0 Å². The highest BCUT2D eigenvalue weighted by Gasteiger charge is 2.19. The zero-order valence-electron chi connectivity index (χ0n) is 18.9. The number of ether oxygens (including phenoxy) is 1. The molecule has 3 heterocycles. The Balaban J connectivity index is 1.66. The summed E-state index contributed by atoms with van der Waals surface area (Å²) in [6, 6.07) is 10.5. The molecule has 0 fully saturated rings. The molecule has 2 aromatic carbocycles. The highest BCUT2D eigenvalue weighted by atomic mass is 19.1. The van der Waals surface area contributed by atoms with Crippen molar-refractivity contribution in [1.29, 1.82) is 0 Å². The van der Waals surface area contributed by atoms with Crippen molar-refractivity contribution in [3.05, 3.63) is 67.1 Å². The van der Waals surface area contributed by atoms with Crippen molar-refractivity contribution >= 4 is 33.3 Å². The van der Waals surface area contributed by atoms with Crippen molar-refractivity contribution in [3.8, 4) is 16.9 Å². The Hall–Kier alpha value is -4.11. The van der Waals surface area contributed by atoms with Gasteiger partial charge in [0.2, 0.25) is 0 Å². The van der Waals surface area contributed by atoms with Gasteiger partial charge in [0, 0.05) is 30.4 Å². The number of nitrogens with zero attached hydrogens (tertiary/aromatic N) is 5. The van der Waals surface area contributed by atoms with E-state index in [0.29, 0.717) is 33.4 Å². The van der Waals surface area contributed by atoms with Crippen LogP contribution < -0.4 is 10.1 Å². The van der Waals surface area contributed by atoms with Gasteiger partial charge >= 0.3 is 0 Å². The lowest BCUT2D eigenvalue weighted by Crippen LogP contribution is -2.25. The lowest BCUT2D eigenvalue weighted by molar-refractivity contribution is 0.0615. The van der Waals surface area contributed by atoms with Gasteiger partial charge in [-0.1, -0.05) is 0 Å². The van der Waals surface area contributed by atoms with E-state index in [2.05, 4.69) is 25.4 Å². The first-order valence-corrected chi connectivity index (χ1v) is 10.8. The van der Waals surface area contributed by atoms with Gasteiger partial charge in [-0.3, -0.25) is 9.67 Å². The number of aliphatic hydroxyl groups excluding tert-OH is 1. The summed E-state index contributed by atoms with van der Waals surface area (Å²) in [4.78, 5) is 13.0. The Labute approximate surface area is 195 Å². The maximum absolute atomic E-state index is 15.2. The van der Waals surface area contributed by atoms with Gasteiger partial charge in [-0.25, -0.2) is 14.4 Å². The van der Waals surface area contributed by atoms with Crippen LogP contribution in [0.5, 0.6) is 5.75 Å². The molecule has 0 spiro atoms. The molecule has 172 valence electrons. The van der Waals surface area contributed by atoms with Gasteiger partial charge in [0.15, 0.2) is 5.82 Å². The number of hydrogen-bond donors (Lipinski definition) is 2. The Kier molecular flexibility index (Phi) is 5.54. The molecule has 0 aliphatic heterocycles.